The fourth-order valence-electron chi connectivity index (χ4n) is 2.26. The van der Waals surface area contributed by atoms with E-state index in [1.807, 2.05) is 42.5 Å². The monoisotopic (exact) mass is 236 g/mol. The third kappa shape index (κ3) is 1.67. The molecular formula is C16H12O2. The van der Waals surface area contributed by atoms with Crippen molar-refractivity contribution in [3.8, 4) is 0 Å². The second-order valence-corrected chi connectivity index (χ2v) is 4.33. The number of fused-ring (bicyclic) bond motifs is 1. The van der Waals surface area contributed by atoms with Crippen LogP contribution >= 0.6 is 0 Å². The van der Waals surface area contributed by atoms with Crippen molar-refractivity contribution in [2.75, 3.05) is 0 Å². The molecule has 1 aliphatic carbocycles. The number of carbonyl (C=O) groups excluding carboxylic acids is 1. The van der Waals surface area contributed by atoms with Gasteiger partial charge in [-0.25, -0.2) is 0 Å². The van der Waals surface area contributed by atoms with Crippen molar-refractivity contribution in [1.29, 1.82) is 0 Å². The van der Waals surface area contributed by atoms with Gasteiger partial charge in [0.1, 0.15) is 6.10 Å². The van der Waals surface area contributed by atoms with Gasteiger partial charge in [-0.1, -0.05) is 54.6 Å². The van der Waals surface area contributed by atoms with E-state index in [0.29, 0.717) is 16.7 Å². The molecule has 0 spiro atoms. The first kappa shape index (κ1) is 10.9. The van der Waals surface area contributed by atoms with E-state index in [1.165, 1.54) is 0 Å². The highest BCUT2D eigenvalue weighted by atomic mass is 16.3. The molecule has 0 aromatic heterocycles. The van der Waals surface area contributed by atoms with Gasteiger partial charge in [-0.3, -0.25) is 4.79 Å². The molecule has 0 unspecified atom stereocenters. The molecule has 88 valence electrons. The molecular weight excluding hydrogens is 224 g/mol. The minimum atomic E-state index is -0.811. The number of rotatable bonds is 1. The zero-order chi connectivity index (χ0) is 12.5. The van der Waals surface area contributed by atoms with Crippen LogP contribution in [-0.2, 0) is 0 Å². The Bertz CT molecular complexity index is 627. The van der Waals surface area contributed by atoms with Crippen LogP contribution in [0.4, 0.5) is 0 Å². The van der Waals surface area contributed by atoms with E-state index in [9.17, 15) is 9.90 Å². The van der Waals surface area contributed by atoms with Crippen molar-refractivity contribution in [1.82, 2.24) is 0 Å². The van der Waals surface area contributed by atoms with Gasteiger partial charge in [0.15, 0.2) is 5.78 Å². The number of ketones is 1. The average Bonchev–Trinajstić information content (AvgIpc) is 2.66. The second-order valence-electron chi connectivity index (χ2n) is 4.33. The quantitative estimate of drug-likeness (QED) is 0.773. The van der Waals surface area contributed by atoms with Crippen LogP contribution in [-0.4, -0.2) is 10.9 Å². The van der Waals surface area contributed by atoms with Crippen molar-refractivity contribution < 1.29 is 9.90 Å². The van der Waals surface area contributed by atoms with E-state index in [0.717, 1.165) is 5.56 Å². The summed E-state index contributed by atoms with van der Waals surface area (Å²) in [6.07, 6.45) is 0.946. The molecule has 0 heterocycles. The standard InChI is InChI=1S/C16H12O2/c17-15-12-8-4-5-9-13(12)16(18)14(15)10-11-6-2-1-3-7-11/h1-10,15,17H/b14-10+/t15-/m0/s1. The Morgan fingerprint density at radius 2 is 1.61 bits per heavy atom. The van der Waals surface area contributed by atoms with Crippen molar-refractivity contribution >= 4 is 11.9 Å². The number of aliphatic hydroxyl groups is 1. The Balaban J connectivity index is 2.07. The third-order valence-electron chi connectivity index (χ3n) is 3.18. The van der Waals surface area contributed by atoms with Crippen LogP contribution in [0.3, 0.4) is 0 Å². The van der Waals surface area contributed by atoms with Crippen LogP contribution in [0.2, 0.25) is 0 Å². The molecule has 1 atom stereocenters. The lowest BCUT2D eigenvalue weighted by Gasteiger charge is -2.04. The van der Waals surface area contributed by atoms with Gasteiger partial charge in [0.25, 0.3) is 0 Å². The summed E-state index contributed by atoms with van der Waals surface area (Å²) in [5, 5.41) is 10.2. The molecule has 18 heavy (non-hydrogen) atoms. The minimum Gasteiger partial charge on any atom is -0.383 e. The molecule has 3 rings (SSSR count). The SMILES string of the molecule is O=C1/C(=C/c2ccccc2)[C@@H](O)c2ccccc21. The number of hydrogen-bond acceptors (Lipinski definition) is 2. The molecule has 0 fully saturated rings. The Hall–Kier alpha value is -2.19. The van der Waals surface area contributed by atoms with Gasteiger partial charge in [0, 0.05) is 11.1 Å². The minimum absolute atomic E-state index is 0.0815. The lowest BCUT2D eigenvalue weighted by Crippen LogP contribution is -1.99. The van der Waals surface area contributed by atoms with Crippen LogP contribution < -0.4 is 0 Å². The summed E-state index contributed by atoms with van der Waals surface area (Å²) < 4.78 is 0. The fourth-order valence-corrected chi connectivity index (χ4v) is 2.26. The van der Waals surface area contributed by atoms with E-state index in [1.54, 1.807) is 18.2 Å². The average molecular weight is 236 g/mol. The predicted octanol–water partition coefficient (Wildman–Crippen LogP) is 3.00. The Morgan fingerprint density at radius 1 is 0.944 bits per heavy atom. The van der Waals surface area contributed by atoms with Crippen LogP contribution in [0.5, 0.6) is 0 Å². The smallest absolute Gasteiger partial charge is 0.192 e. The highest BCUT2D eigenvalue weighted by Gasteiger charge is 2.32. The number of Topliss-reactive ketones (excluding diaryl/α,β-unsaturated/α-hetero) is 1. The normalized spacial score (nSPS) is 20.2. The van der Waals surface area contributed by atoms with Crippen LogP contribution in [0.25, 0.3) is 6.08 Å². The Kier molecular flexibility index (Phi) is 2.58. The summed E-state index contributed by atoms with van der Waals surface area (Å²) >= 11 is 0. The number of aliphatic hydroxyl groups excluding tert-OH is 1. The zero-order valence-electron chi connectivity index (χ0n) is 9.71. The Labute approximate surface area is 105 Å². The zero-order valence-corrected chi connectivity index (χ0v) is 9.71. The van der Waals surface area contributed by atoms with Gasteiger partial charge in [0.05, 0.1) is 0 Å². The molecule has 0 saturated heterocycles. The van der Waals surface area contributed by atoms with E-state index in [-0.39, 0.29) is 5.78 Å². The van der Waals surface area contributed by atoms with Crippen molar-refractivity contribution in [3.63, 3.8) is 0 Å². The molecule has 2 nitrogen and oxygen atoms in total. The van der Waals surface area contributed by atoms with E-state index in [4.69, 9.17) is 0 Å². The summed E-state index contributed by atoms with van der Waals surface area (Å²) in [5.74, 6) is -0.0815. The maximum atomic E-state index is 12.2. The summed E-state index contributed by atoms with van der Waals surface area (Å²) in [4.78, 5) is 12.2. The first-order valence-corrected chi connectivity index (χ1v) is 5.86. The van der Waals surface area contributed by atoms with Gasteiger partial charge in [-0.15, -0.1) is 0 Å². The molecule has 0 amide bonds. The summed E-state index contributed by atoms with van der Waals surface area (Å²) in [5.41, 5.74) is 2.67. The number of carbonyl (C=O) groups is 1. The molecule has 2 aromatic rings. The molecule has 0 saturated carbocycles. The summed E-state index contributed by atoms with van der Waals surface area (Å²) in [6, 6.07) is 16.8. The van der Waals surface area contributed by atoms with E-state index < -0.39 is 6.10 Å². The van der Waals surface area contributed by atoms with Crippen molar-refractivity contribution in [3.05, 3.63) is 76.9 Å². The second kappa shape index (κ2) is 4.24. The molecule has 0 radical (unpaired) electrons. The predicted molar refractivity (Wildman–Crippen MR) is 70.2 cm³/mol. The lowest BCUT2D eigenvalue weighted by atomic mass is 10.1. The molecule has 1 N–H and O–H groups in total. The highest BCUT2D eigenvalue weighted by Crippen LogP contribution is 2.36. The topological polar surface area (TPSA) is 37.3 Å². The molecule has 1 aliphatic rings. The van der Waals surface area contributed by atoms with Crippen molar-refractivity contribution in [2.24, 2.45) is 0 Å². The first-order valence-electron chi connectivity index (χ1n) is 5.86. The Morgan fingerprint density at radius 3 is 2.33 bits per heavy atom. The van der Waals surface area contributed by atoms with Gasteiger partial charge in [0.2, 0.25) is 0 Å². The molecule has 0 aliphatic heterocycles. The van der Waals surface area contributed by atoms with E-state index >= 15 is 0 Å². The van der Waals surface area contributed by atoms with E-state index in [2.05, 4.69) is 0 Å². The summed E-state index contributed by atoms with van der Waals surface area (Å²) in [7, 11) is 0. The maximum absolute atomic E-state index is 12.2. The maximum Gasteiger partial charge on any atom is 0.192 e. The number of hydrogen-bond donors (Lipinski definition) is 1. The van der Waals surface area contributed by atoms with Gasteiger partial charge < -0.3 is 5.11 Å². The third-order valence-corrected chi connectivity index (χ3v) is 3.18. The van der Waals surface area contributed by atoms with Gasteiger partial charge in [-0.2, -0.15) is 0 Å². The largest absolute Gasteiger partial charge is 0.383 e. The van der Waals surface area contributed by atoms with Gasteiger partial charge in [-0.05, 0) is 17.2 Å². The summed E-state index contributed by atoms with van der Waals surface area (Å²) in [6.45, 7) is 0. The highest BCUT2D eigenvalue weighted by molar-refractivity contribution is 6.16. The molecule has 2 aromatic carbocycles. The molecule has 0 bridgehead atoms. The van der Waals surface area contributed by atoms with Crippen LogP contribution in [0, 0.1) is 0 Å². The fraction of sp³-hybridized carbons (Fsp3) is 0.0625. The van der Waals surface area contributed by atoms with Gasteiger partial charge >= 0.3 is 0 Å². The van der Waals surface area contributed by atoms with Crippen LogP contribution in [0.15, 0.2) is 60.2 Å². The lowest BCUT2D eigenvalue weighted by molar-refractivity contribution is 0.102. The first-order chi connectivity index (χ1) is 8.77. The van der Waals surface area contributed by atoms with Crippen LogP contribution in [0.1, 0.15) is 27.6 Å². The number of benzene rings is 2. The molecule has 2 heteroatoms. The van der Waals surface area contributed by atoms with Crippen molar-refractivity contribution in [2.45, 2.75) is 6.10 Å².